The number of ether oxygens (including phenoxy) is 1. The number of imidazole rings is 1. The van der Waals surface area contributed by atoms with Gasteiger partial charge in [-0.25, -0.2) is 9.55 Å². The van der Waals surface area contributed by atoms with Crippen LogP contribution in [0, 0.1) is 6.92 Å². The normalized spacial score (nSPS) is 17.5. The monoisotopic (exact) mass is 535 g/mol. The minimum atomic E-state index is -1.02. The van der Waals surface area contributed by atoms with Crippen molar-refractivity contribution >= 4 is 48.0 Å². The number of Topliss-reactive ketones (excluding diaryl/α,β-unsaturated/α-hetero) is 1. The number of nitrogens with zero attached hydrogens (tertiary/aromatic N) is 2. The molecule has 2 N–H and O–H groups in total. The summed E-state index contributed by atoms with van der Waals surface area (Å²) in [7, 11) is 1.60. The number of carbonyl (C=O) groups is 2. The van der Waals surface area contributed by atoms with Crippen molar-refractivity contribution in [2.24, 2.45) is 0 Å². The molecule has 7 nitrogen and oxygen atoms in total. The molecule has 0 saturated heterocycles. The maximum atomic E-state index is 13.0. The van der Waals surface area contributed by atoms with Crippen molar-refractivity contribution in [3.63, 3.8) is 0 Å². The van der Waals surface area contributed by atoms with Gasteiger partial charge in [-0.1, -0.05) is 4.98 Å². The van der Waals surface area contributed by atoms with E-state index in [0.717, 1.165) is 33.4 Å². The Kier molecular flexibility index (Phi) is 7.30. The van der Waals surface area contributed by atoms with Crippen LogP contribution in [0.25, 0.3) is 17.0 Å². The van der Waals surface area contributed by atoms with Gasteiger partial charge in [0.25, 0.3) is 0 Å². The van der Waals surface area contributed by atoms with Crippen LogP contribution < -0.4 is 21.7 Å². The standard InChI is InChI=1S/C25H29N3O4S2.ClH/c1-12-17(11-19(33)20(34)21(29)30)28(8-7-18(12)32-6)23-26-15-9-13-14(10-16(15)27-23)25(4,5)22(31)24(13,2)3;/h7-10,19-20H,11H2,1-6H3,(H3-,26,27,29,30,33,34);1H. The summed E-state index contributed by atoms with van der Waals surface area (Å²) in [5.74, 6) is 0.459. The molecule has 3 aromatic rings. The Morgan fingerprint density at radius 3 is 2.37 bits per heavy atom. The second-order valence-corrected chi connectivity index (χ2v) is 11.2. The van der Waals surface area contributed by atoms with Gasteiger partial charge in [-0.3, -0.25) is 9.59 Å². The van der Waals surface area contributed by atoms with Gasteiger partial charge in [0.1, 0.15) is 16.5 Å². The summed E-state index contributed by atoms with van der Waals surface area (Å²) in [6.07, 6.45) is 2.19. The lowest BCUT2D eigenvalue weighted by Gasteiger charge is -2.21. The molecule has 0 amide bonds. The molecule has 188 valence electrons. The van der Waals surface area contributed by atoms with E-state index in [2.05, 4.69) is 30.2 Å². The number of aromatic nitrogens is 3. The van der Waals surface area contributed by atoms with Crippen molar-refractivity contribution in [3.05, 3.63) is 46.8 Å². The van der Waals surface area contributed by atoms with E-state index in [1.807, 2.05) is 63.6 Å². The van der Waals surface area contributed by atoms with Gasteiger partial charge in [-0.15, -0.1) is 0 Å². The number of thiol groups is 2. The maximum absolute atomic E-state index is 13.0. The van der Waals surface area contributed by atoms with Crippen LogP contribution in [0.3, 0.4) is 0 Å². The van der Waals surface area contributed by atoms with Crippen LogP contribution >= 0.6 is 25.3 Å². The molecule has 0 radical (unpaired) electrons. The topological polar surface area (TPSA) is 96.2 Å². The quantitative estimate of drug-likeness (QED) is 0.273. The van der Waals surface area contributed by atoms with E-state index >= 15 is 0 Å². The number of ketones is 1. The van der Waals surface area contributed by atoms with Gasteiger partial charge >= 0.3 is 11.9 Å². The predicted molar refractivity (Wildman–Crippen MR) is 137 cm³/mol. The summed E-state index contributed by atoms with van der Waals surface area (Å²) in [4.78, 5) is 32.7. The van der Waals surface area contributed by atoms with E-state index < -0.39 is 27.3 Å². The minimum absolute atomic E-state index is 0. The van der Waals surface area contributed by atoms with E-state index in [0.29, 0.717) is 18.1 Å². The Morgan fingerprint density at radius 2 is 1.80 bits per heavy atom. The number of hydrogen-bond donors (Lipinski definition) is 4. The number of H-pyrrole nitrogens is 1. The van der Waals surface area contributed by atoms with Crippen molar-refractivity contribution in [1.82, 2.24) is 9.97 Å². The molecule has 1 aromatic carbocycles. The number of halogens is 1. The summed E-state index contributed by atoms with van der Waals surface area (Å²) < 4.78 is 7.40. The first-order valence-corrected chi connectivity index (χ1v) is 12.1. The lowest BCUT2D eigenvalue weighted by Crippen LogP contribution is -3.00. The number of pyridine rings is 1. The Balaban J connectivity index is 0.00000342. The predicted octanol–water partition coefficient (Wildman–Crippen LogP) is 0.522. The lowest BCUT2D eigenvalue weighted by atomic mass is 9.80. The summed E-state index contributed by atoms with van der Waals surface area (Å²) >= 11 is 8.72. The van der Waals surface area contributed by atoms with Gasteiger partial charge in [0.2, 0.25) is 0 Å². The molecular weight excluding hydrogens is 506 g/mol. The highest BCUT2D eigenvalue weighted by Crippen LogP contribution is 2.47. The number of aromatic amines is 1. The van der Waals surface area contributed by atoms with E-state index in [1.165, 1.54) is 0 Å². The van der Waals surface area contributed by atoms with Crippen LogP contribution in [-0.4, -0.2) is 44.4 Å². The largest absolute Gasteiger partial charge is 1.00 e. The molecule has 0 bridgehead atoms. The fourth-order valence-electron chi connectivity index (χ4n) is 5.04. The van der Waals surface area contributed by atoms with Crippen LogP contribution in [0.4, 0.5) is 0 Å². The highest BCUT2D eigenvalue weighted by molar-refractivity contribution is 7.85. The number of carboxylic acid groups (broad SMARTS) is 1. The van der Waals surface area contributed by atoms with Crippen LogP contribution in [0.2, 0.25) is 0 Å². The van der Waals surface area contributed by atoms with Gasteiger partial charge in [-0.2, -0.15) is 25.3 Å². The molecule has 4 rings (SSSR count). The average Bonchev–Trinajstić information content (AvgIpc) is 3.25. The van der Waals surface area contributed by atoms with Crippen LogP contribution in [0.15, 0.2) is 24.4 Å². The zero-order valence-corrected chi connectivity index (χ0v) is 23.1. The number of fused-ring (bicyclic) bond motifs is 2. The third kappa shape index (κ3) is 4.32. The molecule has 2 heterocycles. The number of carbonyl (C=O) groups excluding carboxylic acids is 1. The third-order valence-electron chi connectivity index (χ3n) is 7.03. The Bertz CT molecular complexity index is 1280. The molecule has 2 atom stereocenters. The lowest BCUT2D eigenvalue weighted by molar-refractivity contribution is -0.612. The summed E-state index contributed by atoms with van der Waals surface area (Å²) in [5.41, 5.74) is 4.13. The van der Waals surface area contributed by atoms with E-state index in [-0.39, 0.29) is 18.2 Å². The van der Waals surface area contributed by atoms with E-state index in [9.17, 15) is 14.7 Å². The molecule has 35 heavy (non-hydrogen) atoms. The first-order chi connectivity index (χ1) is 15.8. The molecular formula is C25H30ClN3O4S2. The molecule has 0 aliphatic heterocycles. The maximum Gasteiger partial charge on any atom is 0.402 e. The first-order valence-electron chi connectivity index (χ1n) is 11.1. The molecule has 0 spiro atoms. The van der Waals surface area contributed by atoms with Crippen molar-refractivity contribution in [2.45, 2.75) is 62.4 Å². The van der Waals surface area contributed by atoms with Gasteiger partial charge in [-0.05, 0) is 57.9 Å². The van der Waals surface area contributed by atoms with E-state index in [1.54, 1.807) is 7.11 Å². The highest BCUT2D eigenvalue weighted by atomic mass is 35.5. The number of benzene rings is 1. The van der Waals surface area contributed by atoms with Crippen LogP contribution in [0.5, 0.6) is 5.75 Å². The number of methoxy groups -OCH3 is 1. The molecule has 0 saturated carbocycles. The second-order valence-electron chi connectivity index (χ2n) is 9.93. The molecule has 0 fully saturated rings. The van der Waals surface area contributed by atoms with Gasteiger partial charge in [0.05, 0.1) is 19.0 Å². The summed E-state index contributed by atoms with van der Waals surface area (Å²) in [5, 5.41) is 7.91. The SMILES string of the molecule is COc1cc[n+](-c2nc3cc4c(cc3[nH]2)C(C)(C)C(=O)C4(C)C)c(CC(S)C(S)C(=O)O)c1C.[Cl-]. The second kappa shape index (κ2) is 9.33. The smallest absolute Gasteiger partial charge is 0.402 e. The first kappa shape index (κ1) is 27.4. The molecule has 2 aromatic heterocycles. The van der Waals surface area contributed by atoms with Crippen molar-refractivity contribution in [1.29, 1.82) is 0 Å². The fourth-order valence-corrected chi connectivity index (χ4v) is 5.45. The number of carboxylic acids is 1. The van der Waals surface area contributed by atoms with Gasteiger partial charge in [0.15, 0.2) is 11.3 Å². The van der Waals surface area contributed by atoms with Crippen molar-refractivity contribution in [3.8, 4) is 11.7 Å². The van der Waals surface area contributed by atoms with Gasteiger partial charge in [0, 0.05) is 34.1 Å². The Hall–Kier alpha value is -2.23. The van der Waals surface area contributed by atoms with E-state index in [4.69, 9.17) is 9.72 Å². The fraction of sp³-hybridized carbons (Fsp3) is 0.440. The molecule has 1 aliphatic rings. The summed E-state index contributed by atoms with van der Waals surface area (Å²) in [6.45, 7) is 9.79. The van der Waals surface area contributed by atoms with Gasteiger partial charge < -0.3 is 22.3 Å². The van der Waals surface area contributed by atoms with Crippen LogP contribution in [-0.2, 0) is 26.8 Å². The average molecular weight is 536 g/mol. The molecule has 10 heteroatoms. The molecule has 1 aliphatic carbocycles. The Labute approximate surface area is 221 Å². The number of hydrogen-bond acceptors (Lipinski definition) is 6. The van der Waals surface area contributed by atoms with Crippen molar-refractivity contribution < 1.29 is 36.4 Å². The highest BCUT2D eigenvalue weighted by Gasteiger charge is 2.50. The molecule has 2 unspecified atom stereocenters. The zero-order chi connectivity index (χ0) is 25.2. The number of nitrogens with one attached hydrogen (secondary N) is 1. The third-order valence-corrected chi connectivity index (χ3v) is 8.32. The van der Waals surface area contributed by atoms with Crippen molar-refractivity contribution in [2.75, 3.05) is 7.11 Å². The minimum Gasteiger partial charge on any atom is -1.00 e. The Morgan fingerprint density at radius 1 is 1.20 bits per heavy atom. The van der Waals surface area contributed by atoms with Crippen LogP contribution in [0.1, 0.15) is 50.1 Å². The zero-order valence-electron chi connectivity index (χ0n) is 20.5. The summed E-state index contributed by atoms with van der Waals surface area (Å²) in [6, 6.07) is 5.88. The number of rotatable bonds is 6. The number of aliphatic carboxylic acids is 1.